The molecule has 2 amide bonds. The van der Waals surface area contributed by atoms with Crippen molar-refractivity contribution in [2.45, 2.75) is 37.6 Å². The fourth-order valence-electron chi connectivity index (χ4n) is 3.83. The monoisotopic (exact) mass is 474 g/mol. The van der Waals surface area contributed by atoms with Crippen LogP contribution in [0, 0.1) is 17.6 Å². The molecule has 0 saturated carbocycles. The Labute approximate surface area is 186 Å². The minimum Gasteiger partial charge on any atom is -0.493 e. The molecule has 1 fully saturated rings. The first kappa shape index (κ1) is 22.9. The summed E-state index contributed by atoms with van der Waals surface area (Å²) in [5.41, 5.74) is 1.35. The number of ether oxygens (including phenoxy) is 2. The molecule has 12 heteroatoms. The van der Waals surface area contributed by atoms with E-state index >= 15 is 0 Å². The number of methoxy groups -OCH3 is 1. The summed E-state index contributed by atoms with van der Waals surface area (Å²) in [4.78, 5) is 28.2. The maximum atomic E-state index is 14.4. The third-order valence-corrected chi connectivity index (χ3v) is 5.76. The zero-order valence-corrected chi connectivity index (χ0v) is 17.6. The van der Waals surface area contributed by atoms with Crippen LogP contribution in [0.1, 0.15) is 37.2 Å². The Morgan fingerprint density at radius 2 is 1.97 bits per heavy atom. The Morgan fingerprint density at radius 3 is 2.55 bits per heavy atom. The van der Waals surface area contributed by atoms with Crippen LogP contribution in [0.3, 0.4) is 0 Å². The van der Waals surface area contributed by atoms with E-state index in [4.69, 9.17) is 16.6 Å². The smallest absolute Gasteiger partial charge is 0.417 e. The summed E-state index contributed by atoms with van der Waals surface area (Å²) in [5.74, 6) is -8.43. The maximum absolute atomic E-state index is 14.4. The highest BCUT2D eigenvalue weighted by Gasteiger charge is 2.65. The van der Waals surface area contributed by atoms with Gasteiger partial charge in [0, 0.05) is 29.3 Å². The predicted molar refractivity (Wildman–Crippen MR) is 106 cm³/mol. The summed E-state index contributed by atoms with van der Waals surface area (Å²) in [6.07, 6.45) is -5.71. The zero-order chi connectivity index (χ0) is 25.6. The van der Waals surface area contributed by atoms with Gasteiger partial charge in [-0.2, -0.15) is 17.6 Å². The Kier molecular flexibility index (Phi) is 5.95. The first-order valence-corrected chi connectivity index (χ1v) is 9.57. The van der Waals surface area contributed by atoms with E-state index in [0.717, 1.165) is 32.4 Å². The average molecular weight is 474 g/mol. The molecule has 4 atom stereocenters. The van der Waals surface area contributed by atoms with Crippen LogP contribution in [-0.2, 0) is 9.53 Å². The van der Waals surface area contributed by atoms with Crippen molar-refractivity contribution in [2.24, 2.45) is 11.7 Å². The highest BCUT2D eigenvalue weighted by molar-refractivity contribution is 5.97. The van der Waals surface area contributed by atoms with Crippen molar-refractivity contribution in [2.75, 3.05) is 12.4 Å². The van der Waals surface area contributed by atoms with Crippen LogP contribution in [0.4, 0.5) is 27.6 Å². The van der Waals surface area contributed by atoms with Gasteiger partial charge in [0.15, 0.2) is 17.2 Å². The number of hydrogen-bond acceptors (Lipinski definition) is 5. The van der Waals surface area contributed by atoms with Crippen LogP contribution in [0.15, 0.2) is 30.4 Å². The van der Waals surface area contributed by atoms with Crippen LogP contribution in [-0.4, -0.2) is 41.8 Å². The first-order chi connectivity index (χ1) is 15.7. The number of primary amides is 1. The van der Waals surface area contributed by atoms with Crippen LogP contribution in [0.25, 0.3) is 0 Å². The largest absolute Gasteiger partial charge is 0.493 e. The minimum absolute atomic E-state index is 0.208. The van der Waals surface area contributed by atoms with Crippen molar-refractivity contribution in [3.05, 3.63) is 53.3 Å². The minimum atomic E-state index is -4.93. The SMILES string of the molecule is [2H]c1c(NC(=O)[C@@H]2O[C@](C)(C(F)(F)F)[C@@H](C)[C@H]2c2ccc(F)c(F)c2OC)ccnc1C(N)=O. The number of amides is 2. The van der Waals surface area contributed by atoms with E-state index < -0.39 is 70.7 Å². The number of carbonyl (C=O) groups is 2. The molecular weight excluding hydrogens is 453 g/mol. The average Bonchev–Trinajstić information content (AvgIpc) is 3.03. The van der Waals surface area contributed by atoms with Crippen LogP contribution >= 0.6 is 0 Å². The number of carbonyl (C=O) groups excluding carboxylic acids is 2. The Bertz CT molecular complexity index is 1150. The van der Waals surface area contributed by atoms with E-state index in [1.165, 1.54) is 6.92 Å². The summed E-state index contributed by atoms with van der Waals surface area (Å²) >= 11 is 0. The van der Waals surface area contributed by atoms with Gasteiger partial charge >= 0.3 is 6.18 Å². The van der Waals surface area contributed by atoms with Gasteiger partial charge in [-0.05, 0) is 25.1 Å². The van der Waals surface area contributed by atoms with Gasteiger partial charge in [0.05, 0.1) is 8.48 Å². The molecule has 0 bridgehead atoms. The topological polar surface area (TPSA) is 104 Å². The molecule has 33 heavy (non-hydrogen) atoms. The Hall–Kier alpha value is -3.28. The van der Waals surface area contributed by atoms with Gasteiger partial charge in [0.25, 0.3) is 11.8 Å². The van der Waals surface area contributed by atoms with Crippen molar-refractivity contribution in [3.8, 4) is 5.75 Å². The van der Waals surface area contributed by atoms with Crippen molar-refractivity contribution >= 4 is 17.5 Å². The molecule has 0 spiro atoms. The van der Waals surface area contributed by atoms with Crippen LogP contribution < -0.4 is 15.8 Å². The summed E-state index contributed by atoms with van der Waals surface area (Å²) in [6.45, 7) is 1.91. The third-order valence-electron chi connectivity index (χ3n) is 5.76. The van der Waals surface area contributed by atoms with Crippen molar-refractivity contribution in [1.29, 1.82) is 0 Å². The second-order valence-corrected chi connectivity index (χ2v) is 7.63. The molecular formula is C21H20F5N3O4. The van der Waals surface area contributed by atoms with Gasteiger partial charge in [-0.1, -0.05) is 13.0 Å². The lowest BCUT2D eigenvalue weighted by Gasteiger charge is -2.32. The van der Waals surface area contributed by atoms with E-state index in [-0.39, 0.29) is 11.3 Å². The normalized spacial score (nSPS) is 25.5. The lowest BCUT2D eigenvalue weighted by atomic mass is 9.77. The number of nitrogens with zero attached hydrogens (tertiary/aromatic N) is 1. The molecule has 0 aliphatic carbocycles. The van der Waals surface area contributed by atoms with Gasteiger partial charge in [-0.15, -0.1) is 0 Å². The number of anilines is 1. The highest BCUT2D eigenvalue weighted by atomic mass is 19.4. The quantitative estimate of drug-likeness (QED) is 0.646. The molecule has 1 aromatic carbocycles. The van der Waals surface area contributed by atoms with E-state index in [1.54, 1.807) is 0 Å². The van der Waals surface area contributed by atoms with Crippen molar-refractivity contribution in [3.63, 3.8) is 0 Å². The van der Waals surface area contributed by atoms with Gasteiger partial charge in [-0.25, -0.2) is 4.39 Å². The standard InChI is InChI=1S/C21H20F5N3O4/c1-9-14(11-4-5-12(22)15(23)16(11)32-3)17(33-20(9,2)21(24,25)26)19(31)29-10-6-7-28-13(8-10)18(27)30/h4-9,14,17H,1-3H3,(H2,27,30)(H,28,29,31)/t9-,14-,17+,20-/m0/s1/i8D. The van der Waals surface area contributed by atoms with E-state index in [1.807, 2.05) is 0 Å². The second kappa shape index (κ2) is 8.58. The fraction of sp³-hybridized carbons (Fsp3) is 0.381. The van der Waals surface area contributed by atoms with E-state index in [0.29, 0.717) is 6.07 Å². The van der Waals surface area contributed by atoms with E-state index in [9.17, 15) is 31.5 Å². The summed E-state index contributed by atoms with van der Waals surface area (Å²) in [5, 5.41) is 2.25. The number of nitrogens with two attached hydrogens (primary N) is 1. The number of rotatable bonds is 5. The van der Waals surface area contributed by atoms with Crippen molar-refractivity contribution < 1.29 is 42.4 Å². The number of hydrogen-bond donors (Lipinski definition) is 2. The third kappa shape index (κ3) is 4.22. The molecule has 3 rings (SSSR count). The number of benzene rings is 1. The molecule has 1 aliphatic rings. The molecule has 1 aromatic heterocycles. The molecule has 2 heterocycles. The molecule has 2 aromatic rings. The number of nitrogens with one attached hydrogen (secondary N) is 1. The lowest BCUT2D eigenvalue weighted by Crippen LogP contribution is -2.47. The lowest BCUT2D eigenvalue weighted by molar-refractivity contribution is -0.272. The van der Waals surface area contributed by atoms with Gasteiger partial charge in [0.1, 0.15) is 11.8 Å². The zero-order valence-electron chi connectivity index (χ0n) is 18.6. The van der Waals surface area contributed by atoms with Crippen molar-refractivity contribution in [1.82, 2.24) is 4.98 Å². The molecule has 7 nitrogen and oxygen atoms in total. The van der Waals surface area contributed by atoms with Crippen LogP contribution in [0.2, 0.25) is 0 Å². The Balaban J connectivity index is 2.11. The molecule has 0 radical (unpaired) electrons. The molecule has 3 N–H and O–H groups in total. The molecule has 178 valence electrons. The second-order valence-electron chi connectivity index (χ2n) is 7.63. The highest BCUT2D eigenvalue weighted by Crippen LogP contribution is 2.55. The van der Waals surface area contributed by atoms with Crippen LogP contribution in [0.5, 0.6) is 5.75 Å². The maximum Gasteiger partial charge on any atom is 0.417 e. The van der Waals surface area contributed by atoms with Gasteiger partial charge in [-0.3, -0.25) is 14.6 Å². The van der Waals surface area contributed by atoms with Gasteiger partial charge < -0.3 is 20.5 Å². The summed E-state index contributed by atoms with van der Waals surface area (Å²) in [6, 6.07) is 2.32. The Morgan fingerprint density at radius 1 is 1.30 bits per heavy atom. The summed E-state index contributed by atoms with van der Waals surface area (Å²) < 4.78 is 88.2. The fourth-order valence-corrected chi connectivity index (χ4v) is 3.83. The summed E-state index contributed by atoms with van der Waals surface area (Å²) in [7, 11) is 1.01. The number of alkyl halides is 3. The van der Waals surface area contributed by atoms with E-state index in [2.05, 4.69) is 10.3 Å². The number of halogens is 5. The van der Waals surface area contributed by atoms with Gasteiger partial charge in [0.2, 0.25) is 5.82 Å². The predicted octanol–water partition coefficient (Wildman–Crippen LogP) is 3.55. The first-order valence-electron chi connectivity index (χ1n) is 10.1. The number of aromatic nitrogens is 1. The molecule has 1 aliphatic heterocycles. The number of pyridine rings is 1. The molecule has 1 saturated heterocycles. The molecule has 0 unspecified atom stereocenters.